The number of sulfonamides is 1. The number of aliphatic hydroxyl groups excluding tert-OH is 1. The van der Waals surface area contributed by atoms with Gasteiger partial charge in [-0.15, -0.1) is 0 Å². The first-order valence-corrected chi connectivity index (χ1v) is 8.07. The zero-order valence-electron chi connectivity index (χ0n) is 10.8. The number of anilines is 1. The first kappa shape index (κ1) is 14.3. The standard InChI is InChI=1S/C13H20N2O3S/c14-19(17,18)13-7-5-12(6-8-13)15(9-10-16)11-3-1-2-4-11/h5-8,11,16H,1-4,9-10H2,(H2,14,17,18). The first-order valence-electron chi connectivity index (χ1n) is 6.53. The van der Waals surface area contributed by atoms with E-state index >= 15 is 0 Å². The highest BCUT2D eigenvalue weighted by Gasteiger charge is 2.22. The van der Waals surface area contributed by atoms with Gasteiger partial charge in [0.05, 0.1) is 11.5 Å². The molecular formula is C13H20N2O3S. The third-order valence-corrected chi connectivity index (χ3v) is 4.53. The topological polar surface area (TPSA) is 83.6 Å². The van der Waals surface area contributed by atoms with Crippen LogP contribution in [0, 0.1) is 0 Å². The zero-order valence-corrected chi connectivity index (χ0v) is 11.6. The molecule has 0 saturated heterocycles. The molecule has 2 rings (SSSR count). The highest BCUT2D eigenvalue weighted by Crippen LogP contribution is 2.28. The molecule has 6 heteroatoms. The van der Waals surface area contributed by atoms with Gasteiger partial charge in [-0.1, -0.05) is 12.8 Å². The van der Waals surface area contributed by atoms with Gasteiger partial charge < -0.3 is 10.0 Å². The Labute approximate surface area is 114 Å². The normalized spacial score (nSPS) is 16.7. The molecule has 0 heterocycles. The first-order chi connectivity index (χ1) is 9.02. The molecular weight excluding hydrogens is 264 g/mol. The zero-order chi connectivity index (χ0) is 13.9. The second-order valence-corrected chi connectivity index (χ2v) is 6.46. The van der Waals surface area contributed by atoms with E-state index in [0.29, 0.717) is 12.6 Å². The van der Waals surface area contributed by atoms with E-state index in [0.717, 1.165) is 18.5 Å². The predicted octanol–water partition coefficient (Wildman–Crippen LogP) is 1.08. The smallest absolute Gasteiger partial charge is 0.238 e. The second-order valence-electron chi connectivity index (χ2n) is 4.89. The number of nitrogens with zero attached hydrogens (tertiary/aromatic N) is 1. The fraction of sp³-hybridized carbons (Fsp3) is 0.538. The molecule has 1 aromatic rings. The quantitative estimate of drug-likeness (QED) is 0.847. The van der Waals surface area contributed by atoms with Crippen LogP contribution in [0.5, 0.6) is 0 Å². The molecule has 1 aromatic carbocycles. The van der Waals surface area contributed by atoms with Gasteiger partial charge in [0.1, 0.15) is 0 Å². The number of primary sulfonamides is 1. The summed E-state index contributed by atoms with van der Waals surface area (Å²) in [7, 11) is -3.64. The molecule has 5 nitrogen and oxygen atoms in total. The average molecular weight is 284 g/mol. The Hall–Kier alpha value is -1.11. The van der Waals surface area contributed by atoms with Gasteiger partial charge in [0.25, 0.3) is 0 Å². The Bertz CT molecular complexity index is 507. The molecule has 0 radical (unpaired) electrons. The Morgan fingerprint density at radius 1 is 1.21 bits per heavy atom. The second kappa shape index (κ2) is 5.90. The maximum absolute atomic E-state index is 11.2. The van der Waals surface area contributed by atoms with Crippen LogP contribution in [0.2, 0.25) is 0 Å². The predicted molar refractivity (Wildman–Crippen MR) is 74.5 cm³/mol. The fourth-order valence-electron chi connectivity index (χ4n) is 2.67. The summed E-state index contributed by atoms with van der Waals surface area (Å²) in [5.74, 6) is 0. The number of rotatable bonds is 5. The minimum atomic E-state index is -3.64. The Balaban J connectivity index is 2.22. The van der Waals surface area contributed by atoms with Gasteiger partial charge in [0.2, 0.25) is 10.0 Å². The summed E-state index contributed by atoms with van der Waals surface area (Å²) < 4.78 is 22.4. The molecule has 1 aliphatic carbocycles. The highest BCUT2D eigenvalue weighted by atomic mass is 32.2. The van der Waals surface area contributed by atoms with Crippen molar-refractivity contribution in [2.24, 2.45) is 5.14 Å². The van der Waals surface area contributed by atoms with Crippen LogP contribution < -0.4 is 10.0 Å². The molecule has 0 bridgehead atoms. The molecule has 19 heavy (non-hydrogen) atoms. The third kappa shape index (κ3) is 3.46. The molecule has 0 spiro atoms. The molecule has 0 aromatic heterocycles. The fourth-order valence-corrected chi connectivity index (χ4v) is 3.19. The van der Waals surface area contributed by atoms with Gasteiger partial charge in [-0.2, -0.15) is 0 Å². The van der Waals surface area contributed by atoms with Gasteiger partial charge in [-0.25, -0.2) is 13.6 Å². The van der Waals surface area contributed by atoms with Gasteiger partial charge in [0, 0.05) is 18.3 Å². The van der Waals surface area contributed by atoms with Gasteiger partial charge in [-0.05, 0) is 37.1 Å². The van der Waals surface area contributed by atoms with Crippen molar-refractivity contribution in [3.05, 3.63) is 24.3 Å². The maximum Gasteiger partial charge on any atom is 0.238 e. The van der Waals surface area contributed by atoms with Crippen LogP contribution in [0.15, 0.2) is 29.2 Å². The van der Waals surface area contributed by atoms with Gasteiger partial charge in [0.15, 0.2) is 0 Å². The van der Waals surface area contributed by atoms with E-state index in [-0.39, 0.29) is 11.5 Å². The van der Waals surface area contributed by atoms with E-state index in [4.69, 9.17) is 5.14 Å². The lowest BCUT2D eigenvalue weighted by Gasteiger charge is -2.30. The maximum atomic E-state index is 11.2. The molecule has 0 amide bonds. The monoisotopic (exact) mass is 284 g/mol. The molecule has 0 unspecified atom stereocenters. The molecule has 1 fully saturated rings. The molecule has 0 atom stereocenters. The van der Waals surface area contributed by atoms with Crippen molar-refractivity contribution in [1.82, 2.24) is 0 Å². The summed E-state index contributed by atoms with van der Waals surface area (Å²) in [5, 5.41) is 14.3. The van der Waals surface area contributed by atoms with Crippen molar-refractivity contribution in [2.75, 3.05) is 18.1 Å². The SMILES string of the molecule is NS(=O)(=O)c1ccc(N(CCO)C2CCCC2)cc1. The Morgan fingerprint density at radius 3 is 2.26 bits per heavy atom. The number of nitrogens with two attached hydrogens (primary N) is 1. The van der Waals surface area contributed by atoms with Crippen molar-refractivity contribution >= 4 is 15.7 Å². The van der Waals surface area contributed by atoms with Gasteiger partial charge in [-0.3, -0.25) is 0 Å². The summed E-state index contributed by atoms with van der Waals surface area (Å²) in [6.45, 7) is 0.660. The summed E-state index contributed by atoms with van der Waals surface area (Å²) in [6.07, 6.45) is 4.66. The lowest BCUT2D eigenvalue weighted by Crippen LogP contribution is -2.35. The van der Waals surface area contributed by atoms with Crippen molar-refractivity contribution in [2.45, 2.75) is 36.6 Å². The Kier molecular flexibility index (Phi) is 4.44. The van der Waals surface area contributed by atoms with Crippen molar-refractivity contribution < 1.29 is 13.5 Å². The van der Waals surface area contributed by atoms with Crippen LogP contribution in [-0.4, -0.2) is 32.7 Å². The van der Waals surface area contributed by atoms with Crippen molar-refractivity contribution in [3.8, 4) is 0 Å². The van der Waals surface area contributed by atoms with Crippen LogP contribution in [0.1, 0.15) is 25.7 Å². The van der Waals surface area contributed by atoms with E-state index in [2.05, 4.69) is 4.90 Å². The van der Waals surface area contributed by atoms with Crippen LogP contribution in [0.4, 0.5) is 5.69 Å². The summed E-state index contributed by atoms with van der Waals surface area (Å²) >= 11 is 0. The molecule has 1 aliphatic rings. The number of benzene rings is 1. The molecule has 1 saturated carbocycles. The van der Waals surface area contributed by atoms with E-state index in [1.54, 1.807) is 12.1 Å². The molecule has 0 aliphatic heterocycles. The van der Waals surface area contributed by atoms with E-state index in [9.17, 15) is 13.5 Å². The Morgan fingerprint density at radius 2 is 1.79 bits per heavy atom. The number of aliphatic hydroxyl groups is 1. The average Bonchev–Trinajstić information content (AvgIpc) is 2.89. The third-order valence-electron chi connectivity index (χ3n) is 3.60. The molecule has 106 valence electrons. The van der Waals surface area contributed by atoms with Gasteiger partial charge >= 0.3 is 0 Å². The largest absolute Gasteiger partial charge is 0.395 e. The summed E-state index contributed by atoms with van der Waals surface area (Å²) in [6, 6.07) is 6.99. The van der Waals surface area contributed by atoms with E-state index in [1.165, 1.54) is 25.0 Å². The summed E-state index contributed by atoms with van der Waals surface area (Å²) in [5.41, 5.74) is 0.938. The molecule has 3 N–H and O–H groups in total. The number of hydrogen-bond donors (Lipinski definition) is 2. The minimum Gasteiger partial charge on any atom is -0.395 e. The van der Waals surface area contributed by atoms with Crippen LogP contribution in [0.3, 0.4) is 0 Å². The lowest BCUT2D eigenvalue weighted by molar-refractivity contribution is 0.297. The van der Waals surface area contributed by atoms with Crippen LogP contribution in [0.25, 0.3) is 0 Å². The minimum absolute atomic E-state index is 0.0907. The number of hydrogen-bond acceptors (Lipinski definition) is 4. The van der Waals surface area contributed by atoms with E-state index < -0.39 is 10.0 Å². The summed E-state index contributed by atoms with van der Waals surface area (Å²) in [4.78, 5) is 2.27. The highest BCUT2D eigenvalue weighted by molar-refractivity contribution is 7.89. The van der Waals surface area contributed by atoms with Crippen molar-refractivity contribution in [3.63, 3.8) is 0 Å². The van der Waals surface area contributed by atoms with Crippen LogP contribution in [-0.2, 0) is 10.0 Å². The van der Waals surface area contributed by atoms with Crippen molar-refractivity contribution in [1.29, 1.82) is 0 Å². The van der Waals surface area contributed by atoms with E-state index in [1.807, 2.05) is 0 Å². The lowest BCUT2D eigenvalue weighted by atomic mass is 10.1. The van der Waals surface area contributed by atoms with Crippen LogP contribution >= 0.6 is 0 Å².